The lowest BCUT2D eigenvalue weighted by molar-refractivity contribution is 0.0573. The highest BCUT2D eigenvalue weighted by Gasteiger charge is 2.26. The smallest absolute Gasteiger partial charge is 0.161 e. The van der Waals surface area contributed by atoms with E-state index in [0.717, 1.165) is 27.8 Å². The topological polar surface area (TPSA) is 140 Å². The largest absolute Gasteiger partial charge is 0.396 e. The zero-order chi connectivity index (χ0) is 24.1. The van der Waals surface area contributed by atoms with Crippen LogP contribution in [0.2, 0.25) is 0 Å². The van der Waals surface area contributed by atoms with E-state index in [0.29, 0.717) is 24.6 Å². The quantitative estimate of drug-likeness (QED) is 0.279. The molecule has 0 atom stereocenters. The summed E-state index contributed by atoms with van der Waals surface area (Å²) in [5.74, 6) is 1.22. The van der Waals surface area contributed by atoms with Gasteiger partial charge in [0.1, 0.15) is 5.82 Å². The molecule has 10 heteroatoms. The number of hydrogen-bond acceptors (Lipinski definition) is 8. The van der Waals surface area contributed by atoms with Gasteiger partial charge < -0.3 is 21.3 Å². The van der Waals surface area contributed by atoms with Crippen LogP contribution in [0.25, 0.3) is 33.6 Å². The van der Waals surface area contributed by atoms with Crippen molar-refractivity contribution >= 4 is 5.82 Å². The Balaban J connectivity index is 1.66. The monoisotopic (exact) mass is 462 g/mol. The number of aryl methyl sites for hydroxylation is 2. The van der Waals surface area contributed by atoms with Crippen LogP contribution in [0.15, 0.2) is 55.2 Å². The second-order valence-corrected chi connectivity index (χ2v) is 8.54. The molecule has 1 aromatic carbocycles. The van der Waals surface area contributed by atoms with Gasteiger partial charge in [0, 0.05) is 73.4 Å². The Morgan fingerprint density at radius 3 is 2.24 bits per heavy atom. The van der Waals surface area contributed by atoms with Gasteiger partial charge in [-0.3, -0.25) is 9.36 Å². The molecule has 0 fully saturated rings. The van der Waals surface area contributed by atoms with Gasteiger partial charge in [-0.25, -0.2) is 9.97 Å². The number of aliphatic hydroxyl groups excluding tert-OH is 2. The van der Waals surface area contributed by atoms with Crippen LogP contribution in [0.3, 0.4) is 0 Å². The molecule has 5 N–H and O–H groups in total. The molecule has 178 valence electrons. The van der Waals surface area contributed by atoms with E-state index in [1.54, 1.807) is 21.8 Å². The Kier molecular flexibility index (Phi) is 7.01. The maximum Gasteiger partial charge on any atom is 0.161 e. The Hall–Kier alpha value is -3.60. The molecule has 3 heterocycles. The molecule has 0 bridgehead atoms. The molecular weight excluding hydrogens is 432 g/mol. The van der Waals surface area contributed by atoms with Crippen molar-refractivity contribution < 1.29 is 10.2 Å². The van der Waals surface area contributed by atoms with Crippen molar-refractivity contribution in [3.63, 3.8) is 0 Å². The van der Waals surface area contributed by atoms with Crippen LogP contribution >= 0.6 is 0 Å². The van der Waals surface area contributed by atoms with Gasteiger partial charge in [-0.05, 0) is 18.1 Å². The minimum Gasteiger partial charge on any atom is -0.396 e. The fourth-order valence-corrected chi connectivity index (χ4v) is 3.72. The maximum atomic E-state index is 9.71. The summed E-state index contributed by atoms with van der Waals surface area (Å²) in [6.07, 6.45) is 9.72. The van der Waals surface area contributed by atoms with E-state index in [2.05, 4.69) is 20.5 Å². The Morgan fingerprint density at radius 2 is 1.62 bits per heavy atom. The third-order valence-corrected chi connectivity index (χ3v) is 6.02. The predicted molar refractivity (Wildman–Crippen MR) is 131 cm³/mol. The van der Waals surface area contributed by atoms with Gasteiger partial charge in [-0.15, -0.1) is 0 Å². The van der Waals surface area contributed by atoms with E-state index >= 15 is 0 Å². The summed E-state index contributed by atoms with van der Waals surface area (Å²) in [4.78, 5) is 9.46. The molecule has 0 unspecified atom stereocenters. The average molecular weight is 463 g/mol. The number of hydrogen-bond donors (Lipinski definition) is 4. The van der Waals surface area contributed by atoms with Crippen LogP contribution in [-0.2, 0) is 14.1 Å². The van der Waals surface area contributed by atoms with Crippen LogP contribution in [0.5, 0.6) is 0 Å². The van der Waals surface area contributed by atoms with Crippen molar-refractivity contribution in [3.05, 3.63) is 55.2 Å². The van der Waals surface area contributed by atoms with Crippen LogP contribution in [-0.4, -0.2) is 66.0 Å². The molecule has 3 aromatic heterocycles. The summed E-state index contributed by atoms with van der Waals surface area (Å²) in [6.45, 7) is 0.283. The molecule has 10 nitrogen and oxygen atoms in total. The molecule has 0 amide bonds. The molecule has 0 aliphatic heterocycles. The first kappa shape index (κ1) is 23.6. The molecule has 0 aliphatic carbocycles. The Morgan fingerprint density at radius 1 is 0.941 bits per heavy atom. The lowest BCUT2D eigenvalue weighted by Crippen LogP contribution is -2.39. The minimum atomic E-state index is -0.741. The summed E-state index contributed by atoms with van der Waals surface area (Å²) >= 11 is 0. The normalized spacial score (nSPS) is 11.7. The molecular formula is C24H30N8O2. The van der Waals surface area contributed by atoms with Crippen LogP contribution in [0.4, 0.5) is 5.82 Å². The molecule has 4 aromatic rings. The highest BCUT2D eigenvalue weighted by molar-refractivity contribution is 5.76. The van der Waals surface area contributed by atoms with E-state index in [9.17, 15) is 10.2 Å². The highest BCUT2D eigenvalue weighted by Crippen LogP contribution is 2.30. The number of nitrogens with two attached hydrogens (primary N) is 1. The number of nitrogens with one attached hydrogen (secondary N) is 1. The standard InChI is InChI=1S/C24H30N8O2/c1-31-12-19(9-28-31)17-4-3-5-18(8-17)22-27-11-21(20-10-29-32(2)13-20)23(30-22)26-7-6-24(14-25,15-33)16-34/h3-5,8-13,33-34H,6-7,14-16,25H2,1-2H3,(H,26,27,30). The van der Waals surface area contributed by atoms with E-state index < -0.39 is 5.41 Å². The Bertz CT molecular complexity index is 1240. The van der Waals surface area contributed by atoms with Crippen LogP contribution in [0, 0.1) is 5.41 Å². The molecule has 0 aliphatic rings. The van der Waals surface area contributed by atoms with Gasteiger partial charge >= 0.3 is 0 Å². The van der Waals surface area contributed by atoms with Gasteiger partial charge in [-0.1, -0.05) is 18.2 Å². The molecule has 0 spiro atoms. The van der Waals surface area contributed by atoms with Crippen LogP contribution < -0.4 is 11.1 Å². The second-order valence-electron chi connectivity index (χ2n) is 8.54. The van der Waals surface area contributed by atoms with E-state index in [4.69, 9.17) is 10.7 Å². The van der Waals surface area contributed by atoms with Crippen molar-refractivity contribution in [2.45, 2.75) is 6.42 Å². The third-order valence-electron chi connectivity index (χ3n) is 6.02. The number of aromatic nitrogens is 6. The minimum absolute atomic E-state index is 0.187. The average Bonchev–Trinajstić information content (AvgIpc) is 3.50. The van der Waals surface area contributed by atoms with E-state index in [-0.39, 0.29) is 19.8 Å². The van der Waals surface area contributed by atoms with Gasteiger partial charge in [0.25, 0.3) is 0 Å². The lowest BCUT2D eigenvalue weighted by Gasteiger charge is -2.28. The number of benzene rings is 1. The van der Waals surface area contributed by atoms with Crippen molar-refractivity contribution in [2.24, 2.45) is 25.2 Å². The van der Waals surface area contributed by atoms with E-state index in [1.165, 1.54) is 0 Å². The lowest BCUT2D eigenvalue weighted by atomic mass is 9.86. The molecule has 34 heavy (non-hydrogen) atoms. The van der Waals surface area contributed by atoms with Gasteiger partial charge in [0.15, 0.2) is 5.82 Å². The zero-order valence-electron chi connectivity index (χ0n) is 19.4. The first-order valence-corrected chi connectivity index (χ1v) is 11.1. The summed E-state index contributed by atoms with van der Waals surface area (Å²) in [6, 6.07) is 8.01. The fraction of sp³-hybridized carbons (Fsp3) is 0.333. The van der Waals surface area contributed by atoms with Crippen LogP contribution in [0.1, 0.15) is 6.42 Å². The first-order valence-electron chi connectivity index (χ1n) is 11.1. The first-order chi connectivity index (χ1) is 16.5. The predicted octanol–water partition coefficient (Wildman–Crippen LogP) is 1.68. The van der Waals surface area contributed by atoms with Crippen molar-refractivity contribution in [2.75, 3.05) is 31.6 Å². The molecule has 0 saturated carbocycles. The van der Waals surface area contributed by atoms with Crippen molar-refractivity contribution in [1.29, 1.82) is 0 Å². The van der Waals surface area contributed by atoms with Crippen molar-refractivity contribution in [3.8, 4) is 33.6 Å². The third kappa shape index (κ3) is 4.98. The second kappa shape index (κ2) is 10.1. The zero-order valence-corrected chi connectivity index (χ0v) is 19.4. The SMILES string of the molecule is Cn1cc(-c2cccc(-c3ncc(-c4cnn(C)c4)c(NCCC(CN)(CO)CO)n3)c2)cn1. The maximum absolute atomic E-state index is 9.71. The number of anilines is 1. The fourth-order valence-electron chi connectivity index (χ4n) is 3.72. The summed E-state index contributed by atoms with van der Waals surface area (Å²) in [7, 11) is 3.74. The Labute approximate surface area is 198 Å². The number of rotatable bonds is 10. The van der Waals surface area contributed by atoms with E-state index in [1.807, 2.05) is 57.0 Å². The highest BCUT2D eigenvalue weighted by atomic mass is 16.3. The summed E-state index contributed by atoms with van der Waals surface area (Å²) < 4.78 is 3.49. The summed E-state index contributed by atoms with van der Waals surface area (Å²) in [5.41, 5.74) is 9.68. The number of nitrogens with zero attached hydrogens (tertiary/aromatic N) is 6. The molecule has 4 rings (SSSR count). The molecule has 0 radical (unpaired) electrons. The summed E-state index contributed by atoms with van der Waals surface area (Å²) in [5, 5.41) is 31.3. The molecule has 0 saturated heterocycles. The number of aliphatic hydroxyl groups is 2. The van der Waals surface area contributed by atoms with Gasteiger partial charge in [0.05, 0.1) is 25.6 Å². The van der Waals surface area contributed by atoms with Gasteiger partial charge in [-0.2, -0.15) is 10.2 Å². The van der Waals surface area contributed by atoms with Crippen molar-refractivity contribution in [1.82, 2.24) is 29.5 Å². The van der Waals surface area contributed by atoms with Gasteiger partial charge in [0.2, 0.25) is 0 Å².